The van der Waals surface area contributed by atoms with Gasteiger partial charge in [-0.15, -0.1) is 0 Å². The van der Waals surface area contributed by atoms with Crippen LogP contribution < -0.4 is 0 Å². The number of hydrogen-bond donors (Lipinski definition) is 0. The molecule has 0 bridgehead atoms. The van der Waals surface area contributed by atoms with Crippen LogP contribution in [0.5, 0.6) is 0 Å². The van der Waals surface area contributed by atoms with Crippen molar-refractivity contribution in [3.05, 3.63) is 75.3 Å². The Morgan fingerprint density at radius 3 is 2.23 bits per heavy atom. The lowest BCUT2D eigenvalue weighted by atomic mass is 10.1. The van der Waals surface area contributed by atoms with Crippen molar-refractivity contribution in [2.45, 2.75) is 6.54 Å². The smallest absolute Gasteiger partial charge is 0.269 e. The number of benzene rings is 2. The first-order valence-corrected chi connectivity index (χ1v) is 8.14. The van der Waals surface area contributed by atoms with Gasteiger partial charge in [0.15, 0.2) is 11.6 Å². The van der Waals surface area contributed by atoms with Crippen LogP contribution in [0.4, 0.5) is 14.5 Å². The maximum absolute atomic E-state index is 13.3. The first-order valence-electron chi connectivity index (χ1n) is 8.14. The van der Waals surface area contributed by atoms with Gasteiger partial charge in [0, 0.05) is 50.4 Å². The van der Waals surface area contributed by atoms with E-state index in [9.17, 15) is 23.7 Å². The van der Waals surface area contributed by atoms with Gasteiger partial charge in [0.05, 0.1) is 4.92 Å². The van der Waals surface area contributed by atoms with Crippen LogP contribution in [-0.4, -0.2) is 46.8 Å². The third-order valence-corrected chi connectivity index (χ3v) is 4.38. The minimum absolute atomic E-state index is 0.0516. The molecule has 2 aromatic carbocycles. The van der Waals surface area contributed by atoms with Crippen molar-refractivity contribution in [3.8, 4) is 0 Å². The Bertz CT molecular complexity index is 819. The maximum atomic E-state index is 13.3. The highest BCUT2D eigenvalue weighted by Crippen LogP contribution is 2.16. The summed E-state index contributed by atoms with van der Waals surface area (Å²) in [5.74, 6) is -2.33. The van der Waals surface area contributed by atoms with Crippen LogP contribution >= 0.6 is 0 Å². The monoisotopic (exact) mass is 361 g/mol. The fourth-order valence-corrected chi connectivity index (χ4v) is 2.90. The number of halogens is 2. The molecule has 3 rings (SSSR count). The number of nitrogens with zero attached hydrogens (tertiary/aromatic N) is 3. The summed E-state index contributed by atoms with van der Waals surface area (Å²) >= 11 is 0. The molecule has 1 aliphatic rings. The van der Waals surface area contributed by atoms with Crippen LogP contribution in [0.3, 0.4) is 0 Å². The average Bonchev–Trinajstić information content (AvgIpc) is 2.64. The first kappa shape index (κ1) is 17.9. The predicted octanol–water partition coefficient (Wildman–Crippen LogP) is 2.83. The second kappa shape index (κ2) is 7.57. The number of nitro groups is 1. The van der Waals surface area contributed by atoms with Gasteiger partial charge in [-0.25, -0.2) is 8.78 Å². The summed E-state index contributed by atoms with van der Waals surface area (Å²) in [5, 5.41) is 10.7. The molecular formula is C18H17F2N3O3. The van der Waals surface area contributed by atoms with Crippen molar-refractivity contribution in [3.63, 3.8) is 0 Å². The fourth-order valence-electron chi connectivity index (χ4n) is 2.90. The SMILES string of the molecule is O=C(c1ccc(F)c(F)c1)N1CCN(Cc2ccc([N+](=O)[O-])cc2)CC1. The molecule has 26 heavy (non-hydrogen) atoms. The number of carbonyl (C=O) groups is 1. The number of rotatable bonds is 4. The molecule has 0 radical (unpaired) electrons. The molecule has 0 aromatic heterocycles. The van der Waals surface area contributed by atoms with Gasteiger partial charge in [-0.2, -0.15) is 0 Å². The molecule has 0 atom stereocenters. The summed E-state index contributed by atoms with van der Waals surface area (Å²) in [6, 6.07) is 9.53. The lowest BCUT2D eigenvalue weighted by Gasteiger charge is -2.34. The molecule has 8 heteroatoms. The Labute approximate surface area is 148 Å². The van der Waals surface area contributed by atoms with Crippen LogP contribution in [0, 0.1) is 21.7 Å². The maximum Gasteiger partial charge on any atom is 0.269 e. The van der Waals surface area contributed by atoms with E-state index in [1.807, 2.05) is 0 Å². The van der Waals surface area contributed by atoms with Crippen LogP contribution in [0.25, 0.3) is 0 Å². The summed E-state index contributed by atoms with van der Waals surface area (Å²) in [7, 11) is 0. The van der Waals surface area contributed by atoms with E-state index in [2.05, 4.69) is 4.90 Å². The van der Waals surface area contributed by atoms with Gasteiger partial charge in [0.25, 0.3) is 11.6 Å². The molecule has 0 spiro atoms. The zero-order valence-electron chi connectivity index (χ0n) is 13.9. The molecule has 1 amide bonds. The van der Waals surface area contributed by atoms with Crippen LogP contribution in [0.15, 0.2) is 42.5 Å². The fraction of sp³-hybridized carbons (Fsp3) is 0.278. The molecule has 6 nitrogen and oxygen atoms in total. The van der Waals surface area contributed by atoms with E-state index in [0.717, 1.165) is 17.7 Å². The van der Waals surface area contributed by atoms with Crippen LogP contribution in [0.1, 0.15) is 15.9 Å². The lowest BCUT2D eigenvalue weighted by Crippen LogP contribution is -2.48. The van der Waals surface area contributed by atoms with Crippen molar-refractivity contribution in [2.24, 2.45) is 0 Å². The molecular weight excluding hydrogens is 344 g/mol. The van der Waals surface area contributed by atoms with Gasteiger partial charge in [0.2, 0.25) is 0 Å². The number of amides is 1. The molecule has 0 saturated carbocycles. The first-order chi connectivity index (χ1) is 12.4. The molecule has 1 aliphatic heterocycles. The Balaban J connectivity index is 1.56. The second-order valence-corrected chi connectivity index (χ2v) is 6.12. The number of piperazine rings is 1. The molecule has 2 aromatic rings. The normalized spacial score (nSPS) is 15.1. The Kier molecular flexibility index (Phi) is 5.22. The zero-order chi connectivity index (χ0) is 18.7. The molecule has 1 heterocycles. The number of hydrogen-bond acceptors (Lipinski definition) is 4. The van der Waals surface area contributed by atoms with Gasteiger partial charge in [-0.05, 0) is 23.8 Å². The van der Waals surface area contributed by atoms with E-state index in [0.29, 0.717) is 32.7 Å². The van der Waals surface area contributed by atoms with Crippen molar-refractivity contribution < 1.29 is 18.5 Å². The van der Waals surface area contributed by atoms with Gasteiger partial charge >= 0.3 is 0 Å². The van der Waals surface area contributed by atoms with E-state index >= 15 is 0 Å². The average molecular weight is 361 g/mol. The van der Waals surface area contributed by atoms with Gasteiger partial charge in [-0.3, -0.25) is 19.8 Å². The van der Waals surface area contributed by atoms with E-state index in [1.165, 1.54) is 18.2 Å². The van der Waals surface area contributed by atoms with E-state index < -0.39 is 16.6 Å². The molecule has 1 fully saturated rings. The number of non-ortho nitro benzene ring substituents is 1. The predicted molar refractivity (Wildman–Crippen MR) is 90.6 cm³/mol. The summed E-state index contributed by atoms with van der Waals surface area (Å²) in [6.45, 7) is 2.85. The van der Waals surface area contributed by atoms with Gasteiger partial charge < -0.3 is 4.90 Å². The van der Waals surface area contributed by atoms with Crippen molar-refractivity contribution in [1.29, 1.82) is 0 Å². The summed E-state index contributed by atoms with van der Waals surface area (Å²) < 4.78 is 26.3. The number of carbonyl (C=O) groups excluding carboxylic acids is 1. The van der Waals surface area contributed by atoms with E-state index in [-0.39, 0.29) is 17.2 Å². The Morgan fingerprint density at radius 2 is 1.65 bits per heavy atom. The molecule has 0 N–H and O–H groups in total. The molecule has 0 aliphatic carbocycles. The topological polar surface area (TPSA) is 66.7 Å². The lowest BCUT2D eigenvalue weighted by molar-refractivity contribution is -0.384. The standard InChI is InChI=1S/C18H17F2N3O3/c19-16-6-3-14(11-17(16)20)18(24)22-9-7-21(8-10-22)12-13-1-4-15(5-2-13)23(25)26/h1-6,11H,7-10,12H2. The van der Waals surface area contributed by atoms with Crippen molar-refractivity contribution in [2.75, 3.05) is 26.2 Å². The largest absolute Gasteiger partial charge is 0.336 e. The van der Waals surface area contributed by atoms with Gasteiger partial charge in [-0.1, -0.05) is 12.1 Å². The zero-order valence-corrected chi connectivity index (χ0v) is 13.9. The summed E-state index contributed by atoms with van der Waals surface area (Å²) in [5.41, 5.74) is 1.14. The number of nitro benzene ring substituents is 1. The Hall–Kier alpha value is -2.87. The third kappa shape index (κ3) is 4.02. The highest BCUT2D eigenvalue weighted by Gasteiger charge is 2.23. The minimum Gasteiger partial charge on any atom is -0.336 e. The molecule has 0 unspecified atom stereocenters. The molecule has 136 valence electrons. The third-order valence-electron chi connectivity index (χ3n) is 4.38. The van der Waals surface area contributed by atoms with Crippen molar-refractivity contribution in [1.82, 2.24) is 9.80 Å². The second-order valence-electron chi connectivity index (χ2n) is 6.12. The van der Waals surface area contributed by atoms with Crippen LogP contribution in [-0.2, 0) is 6.54 Å². The van der Waals surface area contributed by atoms with Gasteiger partial charge in [0.1, 0.15) is 0 Å². The van der Waals surface area contributed by atoms with E-state index in [4.69, 9.17) is 0 Å². The highest BCUT2D eigenvalue weighted by molar-refractivity contribution is 5.94. The highest BCUT2D eigenvalue weighted by atomic mass is 19.2. The van der Waals surface area contributed by atoms with E-state index in [1.54, 1.807) is 17.0 Å². The minimum atomic E-state index is -1.03. The summed E-state index contributed by atoms with van der Waals surface area (Å²) in [6.07, 6.45) is 0. The quantitative estimate of drug-likeness (QED) is 0.620. The molecule has 1 saturated heterocycles. The van der Waals surface area contributed by atoms with Crippen molar-refractivity contribution >= 4 is 11.6 Å². The Morgan fingerprint density at radius 1 is 1.00 bits per heavy atom. The summed E-state index contributed by atoms with van der Waals surface area (Å²) in [4.78, 5) is 26.4. The van der Waals surface area contributed by atoms with Crippen LogP contribution in [0.2, 0.25) is 0 Å².